The van der Waals surface area contributed by atoms with Gasteiger partial charge < -0.3 is 9.15 Å². The minimum absolute atomic E-state index is 0.0334. The molecule has 0 radical (unpaired) electrons. The van der Waals surface area contributed by atoms with Crippen LogP contribution in [0.15, 0.2) is 77.6 Å². The fourth-order valence-electron chi connectivity index (χ4n) is 4.36. The Morgan fingerprint density at radius 3 is 2.56 bits per heavy atom. The van der Waals surface area contributed by atoms with Crippen LogP contribution < -0.4 is 0 Å². The third kappa shape index (κ3) is 3.66. The molecule has 1 saturated heterocycles. The van der Waals surface area contributed by atoms with Crippen molar-refractivity contribution in [3.05, 3.63) is 79.0 Å². The molecule has 2 atom stereocenters. The summed E-state index contributed by atoms with van der Waals surface area (Å²) in [6.45, 7) is 0.498. The second-order valence-electron chi connectivity index (χ2n) is 8.24. The van der Waals surface area contributed by atoms with E-state index < -0.39 is 12.2 Å². The Bertz CT molecular complexity index is 1450. The summed E-state index contributed by atoms with van der Waals surface area (Å²) in [5.41, 5.74) is 3.96. The molecule has 8 heteroatoms. The minimum Gasteiger partial charge on any atom is -0.438 e. The maximum Gasteiger partial charge on any atom is 0.230 e. The van der Waals surface area contributed by atoms with Crippen molar-refractivity contribution in [1.29, 1.82) is 0 Å². The summed E-state index contributed by atoms with van der Waals surface area (Å²) in [7, 11) is 0. The van der Waals surface area contributed by atoms with Gasteiger partial charge >= 0.3 is 0 Å². The summed E-state index contributed by atoms with van der Waals surface area (Å²) >= 11 is 0. The van der Waals surface area contributed by atoms with E-state index in [1.54, 1.807) is 23.0 Å². The molecule has 1 aliphatic rings. The number of hydrogen-bond donors (Lipinski definition) is 0. The largest absolute Gasteiger partial charge is 0.438 e. The molecule has 34 heavy (non-hydrogen) atoms. The molecule has 0 aliphatic carbocycles. The fraction of sp³-hybridized carbons (Fsp3) is 0.192. The van der Waals surface area contributed by atoms with Crippen molar-refractivity contribution in [2.24, 2.45) is 0 Å². The Labute approximate surface area is 193 Å². The highest BCUT2D eigenvalue weighted by Gasteiger charge is 2.30. The van der Waals surface area contributed by atoms with E-state index in [-0.39, 0.29) is 12.4 Å². The van der Waals surface area contributed by atoms with Crippen LogP contribution in [0.2, 0.25) is 0 Å². The van der Waals surface area contributed by atoms with Crippen molar-refractivity contribution in [1.82, 2.24) is 19.7 Å². The Morgan fingerprint density at radius 2 is 1.76 bits per heavy atom. The first-order chi connectivity index (χ1) is 16.7. The van der Waals surface area contributed by atoms with Gasteiger partial charge in [-0.3, -0.25) is 4.68 Å². The number of aromatic nitrogens is 4. The molecular weight excluding hydrogens is 438 g/mol. The van der Waals surface area contributed by atoms with Crippen molar-refractivity contribution >= 4 is 11.1 Å². The van der Waals surface area contributed by atoms with Crippen LogP contribution in [0.3, 0.4) is 0 Å². The molecule has 4 heterocycles. The average molecular weight is 458 g/mol. The number of furan rings is 1. The SMILES string of the molecule is Fc1ccc(-c2nn(C3CCOC[C@H]3F)cc2-c2ncnc3oc(-c4ccccc4)cc23)cc1. The van der Waals surface area contributed by atoms with Crippen LogP contribution in [-0.4, -0.2) is 39.1 Å². The lowest BCUT2D eigenvalue weighted by molar-refractivity contribution is -0.0000570. The van der Waals surface area contributed by atoms with Gasteiger partial charge in [-0.05, 0) is 36.8 Å². The minimum atomic E-state index is -1.17. The molecule has 5 aromatic rings. The van der Waals surface area contributed by atoms with Gasteiger partial charge in [0.15, 0.2) is 0 Å². The second-order valence-corrected chi connectivity index (χ2v) is 8.24. The Kier molecular flexibility index (Phi) is 5.15. The van der Waals surface area contributed by atoms with E-state index in [2.05, 4.69) is 9.97 Å². The highest BCUT2D eigenvalue weighted by atomic mass is 19.1. The molecule has 6 rings (SSSR count). The highest BCUT2D eigenvalue weighted by Crippen LogP contribution is 2.38. The lowest BCUT2D eigenvalue weighted by Gasteiger charge is -2.26. The van der Waals surface area contributed by atoms with Gasteiger partial charge in [0.05, 0.1) is 23.7 Å². The fourth-order valence-corrected chi connectivity index (χ4v) is 4.36. The molecule has 0 bridgehead atoms. The summed E-state index contributed by atoms with van der Waals surface area (Å²) in [5.74, 6) is 0.325. The van der Waals surface area contributed by atoms with Crippen LogP contribution in [-0.2, 0) is 4.74 Å². The first-order valence-corrected chi connectivity index (χ1v) is 11.0. The quantitative estimate of drug-likeness (QED) is 0.338. The van der Waals surface area contributed by atoms with E-state index in [1.807, 2.05) is 36.4 Å². The van der Waals surface area contributed by atoms with E-state index >= 15 is 0 Å². The van der Waals surface area contributed by atoms with E-state index in [0.717, 1.165) is 5.56 Å². The second kappa shape index (κ2) is 8.46. The maximum absolute atomic E-state index is 14.7. The monoisotopic (exact) mass is 458 g/mol. The standard InChI is InChI=1S/C26H20F2N4O2/c27-18-8-6-17(7-9-18)24-20(13-32(31-24)22-10-11-33-14-21(22)28)25-19-12-23(16-4-2-1-3-5-16)34-26(19)30-15-29-25/h1-9,12-13,15,21-22H,10-11,14H2/t21-,22?/m1/s1. The number of ether oxygens (including phenoxy) is 1. The zero-order chi connectivity index (χ0) is 23.1. The zero-order valence-corrected chi connectivity index (χ0v) is 18.1. The smallest absolute Gasteiger partial charge is 0.230 e. The molecule has 3 aromatic heterocycles. The van der Waals surface area contributed by atoms with E-state index in [1.165, 1.54) is 18.5 Å². The maximum atomic E-state index is 14.7. The predicted octanol–water partition coefficient (Wildman–Crippen LogP) is 5.86. The number of hydrogen-bond acceptors (Lipinski definition) is 5. The van der Waals surface area contributed by atoms with Crippen molar-refractivity contribution < 1.29 is 17.9 Å². The molecule has 1 unspecified atom stereocenters. The summed E-state index contributed by atoms with van der Waals surface area (Å²) in [5, 5.41) is 5.46. The van der Waals surface area contributed by atoms with Crippen molar-refractivity contribution in [2.75, 3.05) is 13.2 Å². The molecule has 0 N–H and O–H groups in total. The first-order valence-electron chi connectivity index (χ1n) is 11.0. The van der Waals surface area contributed by atoms with Crippen LogP contribution in [0.25, 0.3) is 44.9 Å². The molecule has 0 saturated carbocycles. The normalized spacial score (nSPS) is 18.4. The third-order valence-electron chi connectivity index (χ3n) is 6.08. The Morgan fingerprint density at radius 1 is 0.941 bits per heavy atom. The van der Waals surface area contributed by atoms with Gasteiger partial charge in [-0.25, -0.2) is 18.7 Å². The number of alkyl halides is 1. The summed E-state index contributed by atoms with van der Waals surface area (Å²) in [6.07, 6.45) is 2.58. The zero-order valence-electron chi connectivity index (χ0n) is 18.1. The molecule has 0 spiro atoms. The topological polar surface area (TPSA) is 66.0 Å². The van der Waals surface area contributed by atoms with Gasteiger partial charge in [0.2, 0.25) is 5.71 Å². The van der Waals surface area contributed by atoms with Gasteiger partial charge in [-0.2, -0.15) is 5.10 Å². The van der Waals surface area contributed by atoms with Crippen LogP contribution in [0, 0.1) is 5.82 Å². The van der Waals surface area contributed by atoms with Crippen LogP contribution in [0.1, 0.15) is 12.5 Å². The van der Waals surface area contributed by atoms with Crippen LogP contribution in [0.5, 0.6) is 0 Å². The number of benzene rings is 2. The summed E-state index contributed by atoms with van der Waals surface area (Å²) in [4.78, 5) is 8.85. The van der Waals surface area contributed by atoms with Crippen molar-refractivity contribution in [2.45, 2.75) is 18.6 Å². The highest BCUT2D eigenvalue weighted by molar-refractivity contribution is 5.95. The number of fused-ring (bicyclic) bond motifs is 1. The summed E-state index contributed by atoms with van der Waals surface area (Å²) < 4.78 is 41.2. The molecule has 170 valence electrons. The Balaban J connectivity index is 1.53. The molecule has 0 amide bonds. The van der Waals surface area contributed by atoms with E-state index in [0.29, 0.717) is 52.4 Å². The van der Waals surface area contributed by atoms with Crippen molar-refractivity contribution in [3.8, 4) is 33.8 Å². The number of nitrogens with zero attached hydrogens (tertiary/aromatic N) is 4. The molecule has 1 fully saturated rings. The Hall–Kier alpha value is -3.91. The van der Waals surface area contributed by atoms with Crippen LogP contribution in [0.4, 0.5) is 8.78 Å². The van der Waals surface area contributed by atoms with E-state index in [4.69, 9.17) is 14.3 Å². The van der Waals surface area contributed by atoms with Gasteiger partial charge in [-0.15, -0.1) is 0 Å². The van der Waals surface area contributed by atoms with Gasteiger partial charge in [0.25, 0.3) is 0 Å². The average Bonchev–Trinajstić information content (AvgIpc) is 3.50. The van der Waals surface area contributed by atoms with Gasteiger partial charge in [-0.1, -0.05) is 30.3 Å². The lowest BCUT2D eigenvalue weighted by Crippen LogP contribution is -2.31. The van der Waals surface area contributed by atoms with Crippen molar-refractivity contribution in [3.63, 3.8) is 0 Å². The number of halogens is 2. The molecule has 6 nitrogen and oxygen atoms in total. The third-order valence-corrected chi connectivity index (χ3v) is 6.08. The van der Waals surface area contributed by atoms with Gasteiger partial charge in [0, 0.05) is 29.5 Å². The lowest BCUT2D eigenvalue weighted by atomic mass is 10.0. The van der Waals surface area contributed by atoms with Gasteiger partial charge in [0.1, 0.15) is 29.8 Å². The predicted molar refractivity (Wildman–Crippen MR) is 123 cm³/mol. The summed E-state index contributed by atoms with van der Waals surface area (Å²) in [6, 6.07) is 17.3. The van der Waals surface area contributed by atoms with E-state index in [9.17, 15) is 8.78 Å². The molecular formula is C26H20F2N4O2. The van der Waals surface area contributed by atoms with Crippen LogP contribution >= 0.6 is 0 Å². The molecule has 2 aromatic carbocycles. The number of rotatable bonds is 4. The molecule has 1 aliphatic heterocycles. The first kappa shape index (κ1) is 20.7.